The lowest BCUT2D eigenvalue weighted by Gasteiger charge is -2.07. The molecule has 0 bridgehead atoms. The fourth-order valence-electron chi connectivity index (χ4n) is 1.87. The van der Waals surface area contributed by atoms with Crippen molar-refractivity contribution in [2.45, 2.75) is 33.6 Å². The largest absolute Gasteiger partial charge is 0.357 e. The van der Waals surface area contributed by atoms with Crippen molar-refractivity contribution in [1.29, 1.82) is 0 Å². The normalized spacial score (nSPS) is 10.7. The SMILES string of the molecule is CCc1cc(CC)n(-c2cc(C)nc(NC)n2)n1. The van der Waals surface area contributed by atoms with Crippen LogP contribution in [0.25, 0.3) is 5.82 Å². The predicted octanol–water partition coefficient (Wildman–Crippen LogP) is 2.14. The van der Waals surface area contributed by atoms with Gasteiger partial charge in [-0.05, 0) is 25.8 Å². The molecule has 1 N–H and O–H groups in total. The molecule has 0 aromatic carbocycles. The van der Waals surface area contributed by atoms with Crippen LogP contribution in [0.5, 0.6) is 0 Å². The molecule has 5 nitrogen and oxygen atoms in total. The lowest BCUT2D eigenvalue weighted by molar-refractivity contribution is 0.767. The number of nitrogens with one attached hydrogen (secondary N) is 1. The lowest BCUT2D eigenvalue weighted by Crippen LogP contribution is -2.08. The molecule has 0 radical (unpaired) electrons. The Morgan fingerprint density at radius 3 is 2.56 bits per heavy atom. The summed E-state index contributed by atoms with van der Waals surface area (Å²) < 4.78 is 1.91. The van der Waals surface area contributed by atoms with E-state index in [2.05, 4.69) is 40.3 Å². The highest BCUT2D eigenvalue weighted by atomic mass is 15.3. The summed E-state index contributed by atoms with van der Waals surface area (Å²) in [5.41, 5.74) is 3.20. The van der Waals surface area contributed by atoms with Gasteiger partial charge >= 0.3 is 0 Å². The van der Waals surface area contributed by atoms with Gasteiger partial charge in [-0.3, -0.25) is 0 Å². The molecule has 0 atom stereocenters. The van der Waals surface area contributed by atoms with E-state index in [9.17, 15) is 0 Å². The zero-order chi connectivity index (χ0) is 13.1. The number of aryl methyl sites for hydroxylation is 3. The van der Waals surface area contributed by atoms with Gasteiger partial charge in [0.05, 0.1) is 5.69 Å². The molecule has 2 heterocycles. The van der Waals surface area contributed by atoms with E-state index in [1.165, 1.54) is 5.69 Å². The minimum atomic E-state index is 0.626. The second-order valence-corrected chi connectivity index (χ2v) is 4.19. The molecule has 96 valence electrons. The Hall–Kier alpha value is -1.91. The lowest BCUT2D eigenvalue weighted by atomic mass is 10.2. The van der Waals surface area contributed by atoms with Crippen molar-refractivity contribution in [2.75, 3.05) is 12.4 Å². The van der Waals surface area contributed by atoms with Crippen LogP contribution in [0.2, 0.25) is 0 Å². The Morgan fingerprint density at radius 1 is 1.17 bits per heavy atom. The van der Waals surface area contributed by atoms with Crippen LogP contribution < -0.4 is 5.32 Å². The molecular weight excluding hydrogens is 226 g/mol. The van der Waals surface area contributed by atoms with Crippen molar-refractivity contribution in [3.05, 3.63) is 29.2 Å². The van der Waals surface area contributed by atoms with Crippen molar-refractivity contribution in [2.24, 2.45) is 0 Å². The second kappa shape index (κ2) is 5.16. The molecule has 5 heteroatoms. The Kier molecular flexibility index (Phi) is 3.60. The van der Waals surface area contributed by atoms with Gasteiger partial charge in [-0.25, -0.2) is 9.67 Å². The fourth-order valence-corrected chi connectivity index (χ4v) is 1.87. The molecule has 0 unspecified atom stereocenters. The van der Waals surface area contributed by atoms with E-state index < -0.39 is 0 Å². The van der Waals surface area contributed by atoms with Crippen molar-refractivity contribution >= 4 is 5.95 Å². The third-order valence-corrected chi connectivity index (χ3v) is 2.84. The maximum absolute atomic E-state index is 4.58. The zero-order valence-electron chi connectivity index (χ0n) is 11.4. The Morgan fingerprint density at radius 2 is 1.94 bits per heavy atom. The van der Waals surface area contributed by atoms with Crippen LogP contribution in [0, 0.1) is 6.92 Å². The van der Waals surface area contributed by atoms with E-state index in [-0.39, 0.29) is 0 Å². The highest BCUT2D eigenvalue weighted by molar-refractivity contribution is 5.35. The summed E-state index contributed by atoms with van der Waals surface area (Å²) in [6.45, 7) is 6.19. The summed E-state index contributed by atoms with van der Waals surface area (Å²) in [4.78, 5) is 8.75. The van der Waals surface area contributed by atoms with Crippen LogP contribution in [0.1, 0.15) is 30.9 Å². The van der Waals surface area contributed by atoms with Crippen LogP contribution in [-0.4, -0.2) is 26.8 Å². The summed E-state index contributed by atoms with van der Waals surface area (Å²) >= 11 is 0. The number of hydrogen-bond donors (Lipinski definition) is 1. The van der Waals surface area contributed by atoms with Gasteiger partial charge in [0.1, 0.15) is 0 Å². The molecule has 2 rings (SSSR count). The van der Waals surface area contributed by atoms with Crippen LogP contribution in [-0.2, 0) is 12.8 Å². The average molecular weight is 245 g/mol. The third kappa shape index (κ3) is 2.34. The van der Waals surface area contributed by atoms with Gasteiger partial charge in [0, 0.05) is 24.5 Å². The van der Waals surface area contributed by atoms with E-state index >= 15 is 0 Å². The number of hydrogen-bond acceptors (Lipinski definition) is 4. The first-order chi connectivity index (χ1) is 8.67. The average Bonchev–Trinajstić information content (AvgIpc) is 2.81. The highest BCUT2D eigenvalue weighted by Gasteiger charge is 2.10. The molecule has 0 saturated heterocycles. The summed E-state index contributed by atoms with van der Waals surface area (Å²) in [6, 6.07) is 4.09. The van der Waals surface area contributed by atoms with Gasteiger partial charge in [0.25, 0.3) is 0 Å². The highest BCUT2D eigenvalue weighted by Crippen LogP contribution is 2.14. The monoisotopic (exact) mass is 245 g/mol. The molecule has 0 fully saturated rings. The number of nitrogens with zero attached hydrogens (tertiary/aromatic N) is 4. The maximum Gasteiger partial charge on any atom is 0.224 e. The molecule has 0 spiro atoms. The van der Waals surface area contributed by atoms with E-state index in [0.29, 0.717) is 5.95 Å². The van der Waals surface area contributed by atoms with Gasteiger partial charge in [-0.1, -0.05) is 13.8 Å². The van der Waals surface area contributed by atoms with Gasteiger partial charge in [0.15, 0.2) is 5.82 Å². The van der Waals surface area contributed by atoms with E-state index in [0.717, 1.165) is 30.0 Å². The van der Waals surface area contributed by atoms with Crippen LogP contribution in [0.15, 0.2) is 12.1 Å². The van der Waals surface area contributed by atoms with Crippen LogP contribution in [0.4, 0.5) is 5.95 Å². The second-order valence-electron chi connectivity index (χ2n) is 4.19. The number of aromatic nitrogens is 4. The number of anilines is 1. The van der Waals surface area contributed by atoms with Crippen LogP contribution >= 0.6 is 0 Å². The van der Waals surface area contributed by atoms with Gasteiger partial charge in [-0.15, -0.1) is 0 Å². The first-order valence-corrected chi connectivity index (χ1v) is 6.29. The summed E-state index contributed by atoms with van der Waals surface area (Å²) in [5, 5.41) is 7.56. The Balaban J connectivity index is 2.53. The molecule has 0 aliphatic heterocycles. The standard InChI is InChI=1S/C13H19N5/c1-5-10-8-11(6-2)18(17-10)12-7-9(3)15-13(14-4)16-12/h7-8H,5-6H2,1-4H3,(H,14,15,16). The molecule has 0 aliphatic carbocycles. The summed E-state index contributed by atoms with van der Waals surface area (Å²) in [5.74, 6) is 1.45. The van der Waals surface area contributed by atoms with Gasteiger partial charge in [0.2, 0.25) is 5.95 Å². The van der Waals surface area contributed by atoms with Crippen molar-refractivity contribution in [1.82, 2.24) is 19.7 Å². The topological polar surface area (TPSA) is 55.6 Å². The predicted molar refractivity (Wildman–Crippen MR) is 72.2 cm³/mol. The van der Waals surface area contributed by atoms with Crippen LogP contribution in [0.3, 0.4) is 0 Å². The molecule has 18 heavy (non-hydrogen) atoms. The first kappa shape index (κ1) is 12.5. The van der Waals surface area contributed by atoms with E-state index in [1.807, 2.05) is 24.7 Å². The first-order valence-electron chi connectivity index (χ1n) is 6.29. The van der Waals surface area contributed by atoms with Gasteiger partial charge in [-0.2, -0.15) is 10.1 Å². The van der Waals surface area contributed by atoms with Crippen molar-refractivity contribution < 1.29 is 0 Å². The molecule has 0 aliphatic rings. The van der Waals surface area contributed by atoms with Gasteiger partial charge < -0.3 is 5.32 Å². The molecule has 2 aromatic heterocycles. The quantitative estimate of drug-likeness (QED) is 0.896. The Labute approximate surface area is 107 Å². The van der Waals surface area contributed by atoms with Crippen molar-refractivity contribution in [3.63, 3.8) is 0 Å². The van der Waals surface area contributed by atoms with E-state index in [4.69, 9.17) is 0 Å². The fraction of sp³-hybridized carbons (Fsp3) is 0.462. The number of rotatable bonds is 4. The third-order valence-electron chi connectivity index (χ3n) is 2.84. The summed E-state index contributed by atoms with van der Waals surface area (Å²) in [6.07, 6.45) is 1.87. The molecule has 0 saturated carbocycles. The molecular formula is C13H19N5. The molecule has 2 aromatic rings. The zero-order valence-corrected chi connectivity index (χ0v) is 11.4. The maximum atomic E-state index is 4.58. The summed E-state index contributed by atoms with van der Waals surface area (Å²) in [7, 11) is 1.82. The Bertz CT molecular complexity index is 544. The molecule has 0 amide bonds. The van der Waals surface area contributed by atoms with E-state index in [1.54, 1.807) is 0 Å². The van der Waals surface area contributed by atoms with Crippen molar-refractivity contribution in [3.8, 4) is 5.82 Å². The smallest absolute Gasteiger partial charge is 0.224 e. The minimum absolute atomic E-state index is 0.626. The minimum Gasteiger partial charge on any atom is -0.357 e.